The summed E-state index contributed by atoms with van der Waals surface area (Å²) in [6, 6.07) is 26.4. The number of rotatable bonds is 5. The lowest BCUT2D eigenvalue weighted by Gasteiger charge is -2.09. The van der Waals surface area contributed by atoms with E-state index in [2.05, 4.69) is 4.98 Å². The van der Waals surface area contributed by atoms with Gasteiger partial charge in [0, 0.05) is 16.5 Å². The molecule has 4 N–H and O–H groups in total. The molecule has 0 saturated carbocycles. The van der Waals surface area contributed by atoms with E-state index in [-0.39, 0.29) is 5.75 Å². The fraction of sp³-hybridized carbons (Fsp3) is 0.0385. The van der Waals surface area contributed by atoms with Gasteiger partial charge in [-0.15, -0.1) is 0 Å². The topological polar surface area (TPSA) is 88.3 Å². The van der Waals surface area contributed by atoms with Crippen molar-refractivity contribution in [1.82, 2.24) is 4.98 Å². The number of carbonyl (C=O) groups excluding carboxylic acids is 1. The molecule has 1 heterocycles. The number of hydrogen-bond donors (Lipinski definition) is 3. The van der Waals surface area contributed by atoms with Crippen LogP contribution in [0.25, 0.3) is 21.8 Å². The molecule has 152 valence electrons. The van der Waals surface area contributed by atoms with Gasteiger partial charge in [-0.05, 0) is 60.0 Å². The molecule has 5 aromatic rings. The third-order valence-corrected chi connectivity index (χ3v) is 5.38. The van der Waals surface area contributed by atoms with Crippen LogP contribution in [0, 0.1) is 0 Å². The highest BCUT2D eigenvalue weighted by Gasteiger charge is 2.17. The van der Waals surface area contributed by atoms with Crippen molar-refractivity contribution >= 4 is 27.7 Å². The number of H-pyrrole nitrogens is 1. The number of aromatic amines is 1. The summed E-state index contributed by atoms with van der Waals surface area (Å²) >= 11 is 0. The van der Waals surface area contributed by atoms with Crippen LogP contribution in [0.15, 0.2) is 84.9 Å². The molecule has 0 radical (unpaired) electrons. The van der Waals surface area contributed by atoms with E-state index < -0.39 is 5.91 Å². The summed E-state index contributed by atoms with van der Waals surface area (Å²) in [5.74, 6) is 1.12. The van der Waals surface area contributed by atoms with E-state index in [1.54, 1.807) is 18.2 Å². The number of hydrogen-bond acceptors (Lipinski definition) is 3. The van der Waals surface area contributed by atoms with Crippen molar-refractivity contribution in [3.8, 4) is 17.2 Å². The predicted molar refractivity (Wildman–Crippen MR) is 122 cm³/mol. The summed E-state index contributed by atoms with van der Waals surface area (Å²) in [6.45, 7) is 0. The summed E-state index contributed by atoms with van der Waals surface area (Å²) < 4.78 is 5.95. The monoisotopic (exact) mass is 408 g/mol. The molecule has 5 rings (SSSR count). The van der Waals surface area contributed by atoms with E-state index in [0.29, 0.717) is 22.8 Å². The van der Waals surface area contributed by atoms with Crippen LogP contribution in [0.4, 0.5) is 0 Å². The molecule has 5 heteroatoms. The van der Waals surface area contributed by atoms with Crippen LogP contribution < -0.4 is 10.5 Å². The molecular weight excluding hydrogens is 388 g/mol. The van der Waals surface area contributed by atoms with Crippen LogP contribution in [0.1, 0.15) is 21.5 Å². The van der Waals surface area contributed by atoms with Gasteiger partial charge in [0.1, 0.15) is 17.2 Å². The maximum Gasteiger partial charge on any atom is 0.249 e. The number of ether oxygens (including phenoxy) is 1. The van der Waals surface area contributed by atoms with Crippen molar-refractivity contribution < 1.29 is 14.6 Å². The maximum absolute atomic E-state index is 11.9. The molecule has 0 atom stereocenters. The second-order valence-corrected chi connectivity index (χ2v) is 7.45. The Morgan fingerprint density at radius 3 is 2.45 bits per heavy atom. The molecule has 4 aromatic carbocycles. The number of phenols is 1. The minimum Gasteiger partial charge on any atom is -0.507 e. The molecule has 0 fully saturated rings. The Bertz CT molecular complexity index is 1420. The zero-order chi connectivity index (χ0) is 21.4. The molecule has 31 heavy (non-hydrogen) atoms. The highest BCUT2D eigenvalue weighted by atomic mass is 16.5. The van der Waals surface area contributed by atoms with Crippen molar-refractivity contribution in [3.63, 3.8) is 0 Å². The Balaban J connectivity index is 1.57. The van der Waals surface area contributed by atoms with Gasteiger partial charge in [0.05, 0.1) is 10.9 Å². The van der Waals surface area contributed by atoms with E-state index in [1.807, 2.05) is 66.7 Å². The first-order chi connectivity index (χ1) is 15.1. The molecule has 0 bridgehead atoms. The van der Waals surface area contributed by atoms with Crippen LogP contribution in [-0.4, -0.2) is 16.0 Å². The minimum absolute atomic E-state index is 0.111. The van der Waals surface area contributed by atoms with E-state index in [4.69, 9.17) is 10.5 Å². The summed E-state index contributed by atoms with van der Waals surface area (Å²) in [6.07, 6.45) is 0.626. The number of nitrogens with one attached hydrogen (secondary N) is 1. The molecule has 0 aliphatic rings. The van der Waals surface area contributed by atoms with E-state index in [1.165, 1.54) is 0 Å². The fourth-order valence-corrected chi connectivity index (χ4v) is 4.01. The number of phenolic OH excluding ortho intramolecular Hbond substituents is 1. The van der Waals surface area contributed by atoms with Gasteiger partial charge in [0.15, 0.2) is 0 Å². The van der Waals surface area contributed by atoms with Crippen LogP contribution in [0.2, 0.25) is 0 Å². The van der Waals surface area contributed by atoms with Gasteiger partial charge < -0.3 is 20.6 Å². The molecule has 0 unspecified atom stereocenters. The highest BCUT2D eigenvalue weighted by Crippen LogP contribution is 2.37. The third-order valence-electron chi connectivity index (χ3n) is 5.38. The summed E-state index contributed by atoms with van der Waals surface area (Å²) in [7, 11) is 0. The Hall–Kier alpha value is -4.25. The summed E-state index contributed by atoms with van der Waals surface area (Å²) in [4.78, 5) is 15.3. The number of amides is 1. The molecule has 0 aliphatic heterocycles. The van der Waals surface area contributed by atoms with Crippen molar-refractivity contribution in [3.05, 3.63) is 102 Å². The van der Waals surface area contributed by atoms with Crippen LogP contribution in [0.3, 0.4) is 0 Å². The number of carbonyl (C=O) groups is 1. The van der Waals surface area contributed by atoms with Crippen molar-refractivity contribution in [1.29, 1.82) is 0 Å². The Morgan fingerprint density at radius 1 is 0.871 bits per heavy atom. The number of aromatic hydroxyl groups is 1. The normalized spacial score (nSPS) is 11.1. The number of benzene rings is 4. The first-order valence-electron chi connectivity index (χ1n) is 9.97. The quantitative estimate of drug-likeness (QED) is 0.358. The zero-order valence-electron chi connectivity index (χ0n) is 16.6. The predicted octanol–water partition coefficient (Wildman–Crippen LogP) is 5.51. The lowest BCUT2D eigenvalue weighted by atomic mass is 9.99. The van der Waals surface area contributed by atoms with Crippen LogP contribution in [-0.2, 0) is 6.42 Å². The smallest absolute Gasteiger partial charge is 0.249 e. The second kappa shape index (κ2) is 7.54. The molecule has 0 aliphatic carbocycles. The molecule has 0 spiro atoms. The van der Waals surface area contributed by atoms with E-state index in [0.717, 1.165) is 33.7 Å². The average Bonchev–Trinajstić information content (AvgIpc) is 3.17. The van der Waals surface area contributed by atoms with Gasteiger partial charge in [0.25, 0.3) is 0 Å². The van der Waals surface area contributed by atoms with Gasteiger partial charge in [-0.25, -0.2) is 0 Å². The highest BCUT2D eigenvalue weighted by molar-refractivity contribution is 6.19. The van der Waals surface area contributed by atoms with Crippen LogP contribution >= 0.6 is 0 Å². The fourth-order valence-electron chi connectivity index (χ4n) is 4.01. The van der Waals surface area contributed by atoms with E-state index in [9.17, 15) is 9.90 Å². The first kappa shape index (κ1) is 18.8. The van der Waals surface area contributed by atoms with Gasteiger partial charge >= 0.3 is 0 Å². The van der Waals surface area contributed by atoms with Gasteiger partial charge in [0.2, 0.25) is 5.91 Å². The molecular formula is C26H20N2O3. The molecule has 0 saturated heterocycles. The average molecular weight is 408 g/mol. The van der Waals surface area contributed by atoms with E-state index >= 15 is 0 Å². The largest absolute Gasteiger partial charge is 0.507 e. The van der Waals surface area contributed by atoms with Gasteiger partial charge in [-0.2, -0.15) is 0 Å². The Labute approximate surface area is 178 Å². The van der Waals surface area contributed by atoms with Crippen LogP contribution in [0.5, 0.6) is 17.2 Å². The first-order valence-corrected chi connectivity index (χ1v) is 9.97. The lowest BCUT2D eigenvalue weighted by molar-refractivity contribution is 0.100. The molecule has 1 amide bonds. The number of fused-ring (bicyclic) bond motifs is 3. The number of aromatic nitrogens is 1. The second-order valence-electron chi connectivity index (χ2n) is 7.45. The third kappa shape index (κ3) is 3.46. The summed E-state index contributed by atoms with van der Waals surface area (Å²) in [5, 5.41) is 11.8. The number of para-hydroxylation sites is 1. The standard InChI is InChI=1S/C26H20N2O3/c27-26(30)20-10-5-11-21-23(20)24-22(29)13-12-17(25(24)28-21)14-16-6-4-9-19(15-16)31-18-7-2-1-3-8-18/h1-13,15,28-29H,14H2,(H2,27,30). The zero-order valence-corrected chi connectivity index (χ0v) is 16.6. The van der Waals surface area contributed by atoms with Gasteiger partial charge in [-0.1, -0.05) is 42.5 Å². The Morgan fingerprint density at radius 2 is 1.65 bits per heavy atom. The van der Waals surface area contributed by atoms with Gasteiger partial charge in [-0.3, -0.25) is 4.79 Å². The van der Waals surface area contributed by atoms with Crippen molar-refractivity contribution in [2.24, 2.45) is 5.73 Å². The van der Waals surface area contributed by atoms with Crippen molar-refractivity contribution in [2.45, 2.75) is 6.42 Å². The minimum atomic E-state index is -0.526. The van der Waals surface area contributed by atoms with Crippen molar-refractivity contribution in [2.75, 3.05) is 0 Å². The SMILES string of the molecule is NC(=O)c1cccc2[nH]c3c(Cc4cccc(Oc5ccccc5)c4)ccc(O)c3c12. The number of nitrogens with two attached hydrogens (primary N) is 1. The molecule has 1 aromatic heterocycles. The summed E-state index contributed by atoms with van der Waals surface area (Å²) in [5.41, 5.74) is 9.57. The number of primary amides is 1. The molecule has 5 nitrogen and oxygen atoms in total. The lowest BCUT2D eigenvalue weighted by Crippen LogP contribution is -2.10. The maximum atomic E-state index is 11.9. The Kier molecular flexibility index (Phi) is 4.56.